The number of H-pyrrole nitrogens is 1. The van der Waals surface area contributed by atoms with Crippen LogP contribution in [0.15, 0.2) is 6.20 Å². The zero-order valence-electron chi connectivity index (χ0n) is 8.66. The standard InChI is InChI=1S/C8H16N4O2S/c1-2-3-4-15(13,14)11-6-7-5-10-12-8(7)9/h5,11H,2-4,6H2,1H3,(H3,9,10,12). The van der Waals surface area contributed by atoms with E-state index >= 15 is 0 Å². The summed E-state index contributed by atoms with van der Waals surface area (Å²) in [7, 11) is -3.18. The average molecular weight is 232 g/mol. The van der Waals surface area contributed by atoms with Crippen molar-refractivity contribution in [1.29, 1.82) is 0 Å². The van der Waals surface area contributed by atoms with Crippen LogP contribution in [0.25, 0.3) is 0 Å². The smallest absolute Gasteiger partial charge is 0.211 e. The van der Waals surface area contributed by atoms with Crippen LogP contribution in [-0.4, -0.2) is 24.4 Å². The van der Waals surface area contributed by atoms with Gasteiger partial charge in [0.25, 0.3) is 0 Å². The number of nitrogens with one attached hydrogen (secondary N) is 2. The van der Waals surface area contributed by atoms with Crippen LogP contribution >= 0.6 is 0 Å². The molecule has 15 heavy (non-hydrogen) atoms. The van der Waals surface area contributed by atoms with E-state index in [1.165, 1.54) is 6.20 Å². The van der Waals surface area contributed by atoms with Crippen molar-refractivity contribution in [2.75, 3.05) is 11.5 Å². The van der Waals surface area contributed by atoms with Crippen molar-refractivity contribution in [2.24, 2.45) is 0 Å². The van der Waals surface area contributed by atoms with E-state index in [1.54, 1.807) is 0 Å². The van der Waals surface area contributed by atoms with Crippen molar-refractivity contribution in [3.8, 4) is 0 Å². The van der Waals surface area contributed by atoms with E-state index in [9.17, 15) is 8.42 Å². The minimum Gasteiger partial charge on any atom is -0.384 e. The van der Waals surface area contributed by atoms with Gasteiger partial charge in [-0.15, -0.1) is 0 Å². The number of rotatable bonds is 6. The molecule has 0 atom stereocenters. The van der Waals surface area contributed by atoms with E-state index in [0.717, 1.165) is 6.42 Å². The number of anilines is 1. The molecule has 1 rings (SSSR count). The van der Waals surface area contributed by atoms with Crippen LogP contribution in [-0.2, 0) is 16.6 Å². The fourth-order valence-electron chi connectivity index (χ4n) is 1.06. The van der Waals surface area contributed by atoms with Crippen LogP contribution < -0.4 is 10.5 Å². The Labute approximate surface area is 89.3 Å². The predicted molar refractivity (Wildman–Crippen MR) is 58.5 cm³/mol. The molecule has 0 radical (unpaired) electrons. The van der Waals surface area contributed by atoms with Crippen molar-refractivity contribution in [3.05, 3.63) is 11.8 Å². The molecule has 1 aromatic heterocycles. The van der Waals surface area contributed by atoms with Crippen LogP contribution in [0.1, 0.15) is 25.3 Å². The number of nitrogens with zero attached hydrogens (tertiary/aromatic N) is 1. The molecule has 1 aromatic rings. The minimum absolute atomic E-state index is 0.154. The second kappa shape index (κ2) is 5.13. The van der Waals surface area contributed by atoms with Gasteiger partial charge in [0.05, 0.1) is 11.9 Å². The first-order valence-corrected chi connectivity index (χ1v) is 6.45. The van der Waals surface area contributed by atoms with Crippen LogP contribution in [0, 0.1) is 0 Å². The molecule has 0 saturated heterocycles. The maximum absolute atomic E-state index is 11.4. The second-order valence-corrected chi connectivity index (χ2v) is 5.23. The molecule has 0 aromatic carbocycles. The molecule has 1 heterocycles. The van der Waals surface area contributed by atoms with Gasteiger partial charge >= 0.3 is 0 Å². The molecular weight excluding hydrogens is 216 g/mol. The topological polar surface area (TPSA) is 101 Å². The SMILES string of the molecule is CCCCS(=O)(=O)NCc1cn[nH]c1N. The van der Waals surface area contributed by atoms with Crippen molar-refractivity contribution in [1.82, 2.24) is 14.9 Å². The summed E-state index contributed by atoms with van der Waals surface area (Å²) in [6.45, 7) is 2.14. The van der Waals surface area contributed by atoms with E-state index < -0.39 is 10.0 Å². The molecule has 7 heteroatoms. The maximum Gasteiger partial charge on any atom is 0.211 e. The third kappa shape index (κ3) is 3.88. The van der Waals surface area contributed by atoms with Gasteiger partial charge in [0, 0.05) is 12.1 Å². The van der Waals surface area contributed by atoms with Gasteiger partial charge in [-0.2, -0.15) is 5.10 Å². The Morgan fingerprint density at radius 1 is 1.60 bits per heavy atom. The number of hydrogen-bond donors (Lipinski definition) is 3. The van der Waals surface area contributed by atoms with Crippen LogP contribution in [0.5, 0.6) is 0 Å². The largest absolute Gasteiger partial charge is 0.384 e. The van der Waals surface area contributed by atoms with Gasteiger partial charge < -0.3 is 5.73 Å². The number of aromatic nitrogens is 2. The average Bonchev–Trinajstić information content (AvgIpc) is 2.58. The molecule has 0 fully saturated rings. The Morgan fingerprint density at radius 3 is 2.87 bits per heavy atom. The summed E-state index contributed by atoms with van der Waals surface area (Å²) < 4.78 is 25.3. The van der Waals surface area contributed by atoms with Crippen molar-refractivity contribution < 1.29 is 8.42 Å². The fourth-order valence-corrected chi connectivity index (χ4v) is 2.24. The number of nitrogens with two attached hydrogens (primary N) is 1. The first-order valence-electron chi connectivity index (χ1n) is 4.80. The van der Waals surface area contributed by atoms with E-state index in [0.29, 0.717) is 17.8 Å². The Hall–Kier alpha value is -1.08. The fraction of sp³-hybridized carbons (Fsp3) is 0.625. The zero-order chi connectivity index (χ0) is 11.3. The van der Waals surface area contributed by atoms with E-state index in [2.05, 4.69) is 14.9 Å². The molecule has 4 N–H and O–H groups in total. The molecule has 0 amide bonds. The zero-order valence-corrected chi connectivity index (χ0v) is 9.47. The normalized spacial score (nSPS) is 11.8. The molecule has 6 nitrogen and oxygen atoms in total. The van der Waals surface area contributed by atoms with Crippen molar-refractivity contribution >= 4 is 15.8 Å². The Bertz CT molecular complexity index is 399. The van der Waals surface area contributed by atoms with Gasteiger partial charge in [-0.1, -0.05) is 13.3 Å². The van der Waals surface area contributed by atoms with Crippen LogP contribution in [0.4, 0.5) is 5.82 Å². The first-order chi connectivity index (χ1) is 7.05. The second-order valence-electron chi connectivity index (χ2n) is 3.30. The Morgan fingerprint density at radius 2 is 2.33 bits per heavy atom. The number of nitrogen functional groups attached to an aromatic ring is 1. The van der Waals surface area contributed by atoms with Gasteiger partial charge in [-0.3, -0.25) is 5.10 Å². The van der Waals surface area contributed by atoms with Crippen LogP contribution in [0.2, 0.25) is 0 Å². The minimum atomic E-state index is -3.18. The third-order valence-electron chi connectivity index (χ3n) is 2.00. The lowest BCUT2D eigenvalue weighted by atomic mass is 10.3. The highest BCUT2D eigenvalue weighted by Crippen LogP contribution is 2.05. The monoisotopic (exact) mass is 232 g/mol. The molecule has 0 bridgehead atoms. The van der Waals surface area contributed by atoms with E-state index in [4.69, 9.17) is 5.73 Å². The number of hydrogen-bond acceptors (Lipinski definition) is 4. The molecular formula is C8H16N4O2S. The summed E-state index contributed by atoms with van der Waals surface area (Å²) in [6, 6.07) is 0. The lowest BCUT2D eigenvalue weighted by Crippen LogP contribution is -2.26. The first kappa shape index (κ1) is 12.0. The van der Waals surface area contributed by atoms with Gasteiger partial charge in [-0.25, -0.2) is 13.1 Å². The van der Waals surface area contributed by atoms with Crippen LogP contribution in [0.3, 0.4) is 0 Å². The van der Waals surface area contributed by atoms with Gasteiger partial charge in [-0.05, 0) is 6.42 Å². The molecule has 0 aliphatic carbocycles. The number of aromatic amines is 1. The lowest BCUT2D eigenvalue weighted by Gasteiger charge is -2.04. The van der Waals surface area contributed by atoms with E-state index in [-0.39, 0.29) is 12.3 Å². The molecule has 0 unspecified atom stereocenters. The van der Waals surface area contributed by atoms with E-state index in [1.807, 2.05) is 6.92 Å². The van der Waals surface area contributed by atoms with Crippen molar-refractivity contribution in [2.45, 2.75) is 26.3 Å². The van der Waals surface area contributed by atoms with Crippen molar-refractivity contribution in [3.63, 3.8) is 0 Å². The molecule has 0 saturated carbocycles. The van der Waals surface area contributed by atoms with Gasteiger partial charge in [0.15, 0.2) is 0 Å². The predicted octanol–water partition coefficient (Wildman–Crippen LogP) is 0.211. The molecule has 0 aliphatic heterocycles. The summed E-state index contributed by atoms with van der Waals surface area (Å²) in [4.78, 5) is 0. The molecule has 0 spiro atoms. The molecule has 0 aliphatic rings. The van der Waals surface area contributed by atoms with Gasteiger partial charge in [0.1, 0.15) is 5.82 Å². The lowest BCUT2D eigenvalue weighted by molar-refractivity contribution is 0.578. The highest BCUT2D eigenvalue weighted by molar-refractivity contribution is 7.89. The summed E-state index contributed by atoms with van der Waals surface area (Å²) in [5, 5.41) is 6.24. The highest BCUT2D eigenvalue weighted by atomic mass is 32.2. The van der Waals surface area contributed by atoms with Gasteiger partial charge in [0.2, 0.25) is 10.0 Å². The molecule has 86 valence electrons. The Balaban J connectivity index is 2.46. The summed E-state index contributed by atoms with van der Waals surface area (Å²) in [5.41, 5.74) is 6.18. The highest BCUT2D eigenvalue weighted by Gasteiger charge is 2.10. The number of unbranched alkanes of at least 4 members (excludes halogenated alkanes) is 1. The summed E-state index contributed by atoms with van der Waals surface area (Å²) >= 11 is 0. The summed E-state index contributed by atoms with van der Waals surface area (Å²) in [6.07, 6.45) is 3.03. The third-order valence-corrected chi connectivity index (χ3v) is 3.41. The maximum atomic E-state index is 11.4. The number of sulfonamides is 1. The summed E-state index contributed by atoms with van der Waals surface area (Å²) in [5.74, 6) is 0.550. The quantitative estimate of drug-likeness (QED) is 0.652. The Kier molecular flexibility index (Phi) is 4.10.